The number of ether oxygens (including phenoxy) is 4. The van der Waals surface area contributed by atoms with Crippen LogP contribution in [0.4, 0.5) is 0 Å². The summed E-state index contributed by atoms with van der Waals surface area (Å²) in [5, 5.41) is 10.5. The third-order valence-corrected chi connectivity index (χ3v) is 18.0. The number of rotatable bonds is 67. The number of phosphoric acid groups is 2. The summed E-state index contributed by atoms with van der Waals surface area (Å²) in [5.41, 5.74) is 0. The molecule has 0 spiro atoms. The van der Waals surface area contributed by atoms with Crippen LogP contribution in [0.3, 0.4) is 0 Å². The average Bonchev–Trinajstić information content (AvgIpc) is 3.51. The van der Waals surface area contributed by atoms with Gasteiger partial charge >= 0.3 is 39.5 Å². The molecule has 0 saturated carbocycles. The number of aliphatic hydroxyl groups is 1. The summed E-state index contributed by atoms with van der Waals surface area (Å²) in [6.45, 7) is 9.48. The fourth-order valence-corrected chi connectivity index (χ4v) is 11.8. The second kappa shape index (κ2) is 60.3. The van der Waals surface area contributed by atoms with Crippen LogP contribution in [0.5, 0.6) is 0 Å². The molecule has 3 unspecified atom stereocenters. The van der Waals surface area contributed by atoms with Crippen LogP contribution in [0.15, 0.2) is 0 Å². The van der Waals surface area contributed by atoms with Gasteiger partial charge in [-0.25, -0.2) is 9.13 Å². The zero-order chi connectivity index (χ0) is 64.3. The molecule has 0 aliphatic heterocycles. The molecule has 87 heavy (non-hydrogen) atoms. The van der Waals surface area contributed by atoms with Crippen molar-refractivity contribution in [3.05, 3.63) is 0 Å². The number of carbonyl (C=O) groups excluding carboxylic acids is 4. The lowest BCUT2D eigenvalue weighted by molar-refractivity contribution is -0.161. The van der Waals surface area contributed by atoms with Gasteiger partial charge in [-0.2, -0.15) is 0 Å². The summed E-state index contributed by atoms with van der Waals surface area (Å²) in [7, 11) is -9.89. The number of carbonyl (C=O) groups is 4. The molecule has 19 heteroatoms. The molecule has 516 valence electrons. The first-order valence-electron chi connectivity index (χ1n) is 35.5. The fourth-order valence-electron chi connectivity index (χ4n) is 10.2. The summed E-state index contributed by atoms with van der Waals surface area (Å²) in [5.74, 6) is -0.562. The fraction of sp³-hybridized carbons (Fsp3) is 0.941. The lowest BCUT2D eigenvalue weighted by Gasteiger charge is -2.21. The first kappa shape index (κ1) is 85.1. The highest BCUT2D eigenvalue weighted by Gasteiger charge is 2.30. The van der Waals surface area contributed by atoms with Gasteiger partial charge in [-0.15, -0.1) is 0 Å². The average molecular weight is 1280 g/mol. The van der Waals surface area contributed by atoms with Gasteiger partial charge < -0.3 is 33.8 Å². The summed E-state index contributed by atoms with van der Waals surface area (Å²) in [6, 6.07) is 0. The van der Waals surface area contributed by atoms with Crippen molar-refractivity contribution in [3.63, 3.8) is 0 Å². The first-order chi connectivity index (χ1) is 41.9. The van der Waals surface area contributed by atoms with Crippen LogP contribution in [0.2, 0.25) is 0 Å². The van der Waals surface area contributed by atoms with E-state index in [0.717, 1.165) is 108 Å². The Morgan fingerprint density at radius 3 is 0.874 bits per heavy atom. The molecular weight excluding hydrogens is 1150 g/mol. The molecule has 0 radical (unpaired) electrons. The number of aliphatic hydroxyl groups excluding tert-OH is 1. The molecule has 3 N–H and O–H groups in total. The molecular formula is C68H132O17P2. The Morgan fingerprint density at radius 1 is 0.333 bits per heavy atom. The van der Waals surface area contributed by atoms with Crippen molar-refractivity contribution >= 4 is 39.5 Å². The van der Waals surface area contributed by atoms with Crippen molar-refractivity contribution in [2.45, 2.75) is 362 Å². The molecule has 0 amide bonds. The predicted octanol–water partition coefficient (Wildman–Crippen LogP) is 19.2. The van der Waals surface area contributed by atoms with E-state index in [2.05, 4.69) is 41.5 Å². The van der Waals surface area contributed by atoms with Crippen LogP contribution in [0.1, 0.15) is 343 Å². The molecule has 0 aromatic rings. The molecule has 0 bridgehead atoms. The van der Waals surface area contributed by atoms with Crippen LogP contribution in [0, 0.1) is 11.8 Å². The van der Waals surface area contributed by atoms with Crippen LogP contribution >= 0.6 is 15.6 Å². The highest BCUT2D eigenvalue weighted by atomic mass is 31.2. The van der Waals surface area contributed by atoms with Crippen molar-refractivity contribution in [3.8, 4) is 0 Å². The van der Waals surface area contributed by atoms with E-state index in [1.165, 1.54) is 154 Å². The molecule has 0 heterocycles. The predicted molar refractivity (Wildman–Crippen MR) is 349 cm³/mol. The summed E-state index contributed by atoms with van der Waals surface area (Å²) in [6.07, 6.45) is 44.6. The van der Waals surface area contributed by atoms with Crippen LogP contribution in [-0.2, 0) is 65.4 Å². The second-order valence-corrected chi connectivity index (χ2v) is 28.2. The van der Waals surface area contributed by atoms with E-state index in [9.17, 15) is 43.2 Å². The van der Waals surface area contributed by atoms with Crippen molar-refractivity contribution in [1.82, 2.24) is 0 Å². The number of esters is 4. The largest absolute Gasteiger partial charge is 0.472 e. The smallest absolute Gasteiger partial charge is 0.462 e. The lowest BCUT2D eigenvalue weighted by Crippen LogP contribution is -2.30. The van der Waals surface area contributed by atoms with E-state index >= 15 is 0 Å². The molecule has 0 saturated heterocycles. The van der Waals surface area contributed by atoms with E-state index < -0.39 is 97.5 Å². The lowest BCUT2D eigenvalue weighted by atomic mass is 9.99. The van der Waals surface area contributed by atoms with Gasteiger partial charge in [0.25, 0.3) is 0 Å². The monoisotopic (exact) mass is 1280 g/mol. The normalized spacial score (nSPS) is 14.5. The Hall–Kier alpha value is -1.94. The number of unbranched alkanes of at least 4 members (excludes halogenated alkanes) is 36. The van der Waals surface area contributed by atoms with Crippen LogP contribution in [-0.4, -0.2) is 96.7 Å². The van der Waals surface area contributed by atoms with Gasteiger partial charge in [-0.3, -0.25) is 37.3 Å². The van der Waals surface area contributed by atoms with E-state index in [-0.39, 0.29) is 25.7 Å². The minimum Gasteiger partial charge on any atom is -0.462 e. The minimum absolute atomic E-state index is 0.106. The van der Waals surface area contributed by atoms with E-state index in [4.69, 9.17) is 37.0 Å². The molecule has 0 aromatic carbocycles. The Kier molecular flexibility index (Phi) is 59.0. The zero-order valence-electron chi connectivity index (χ0n) is 56.3. The van der Waals surface area contributed by atoms with Crippen molar-refractivity contribution in [1.29, 1.82) is 0 Å². The standard InChI is InChI=1S/C68H132O17P2/c1-7-10-12-14-15-16-17-18-19-22-29-34-40-46-52-67(72)84-63(56-78-65(70)50-44-36-13-11-8-2)58-82-86(74,75)80-54-62(69)55-81-87(76,77)83-59-64(85-68(73)53-47-41-35-30-23-20-21-26-31-37-42-48-60(4)5)57-79-66(71)51-45-39-33-28-25-24-27-32-38-43-49-61(6)9-3/h60-64,69H,7-59H2,1-6H3,(H,74,75)(H,76,77)/t61?,62-,63+,64+/m0/s1. The Labute approximate surface area is 530 Å². The minimum atomic E-state index is -4.95. The summed E-state index contributed by atoms with van der Waals surface area (Å²) >= 11 is 0. The molecule has 0 fully saturated rings. The summed E-state index contributed by atoms with van der Waals surface area (Å²) < 4.78 is 68.0. The van der Waals surface area contributed by atoms with Crippen molar-refractivity contribution in [2.24, 2.45) is 11.8 Å². The highest BCUT2D eigenvalue weighted by molar-refractivity contribution is 7.47. The highest BCUT2D eigenvalue weighted by Crippen LogP contribution is 2.45. The molecule has 0 rings (SSSR count). The molecule has 6 atom stereocenters. The Morgan fingerprint density at radius 2 is 0.586 bits per heavy atom. The van der Waals surface area contributed by atoms with Gasteiger partial charge in [-0.05, 0) is 37.5 Å². The SMILES string of the molecule is CCCCCCCCCCCCCCCCC(=O)O[C@H](COC(=O)CCCCCCC)COP(=O)(O)OC[C@H](O)COP(=O)(O)OC[C@@H](COC(=O)CCCCCCCCCCCCC(C)CC)OC(=O)CCCCCCCCCCCCCC(C)C. The van der Waals surface area contributed by atoms with Crippen molar-refractivity contribution < 1.29 is 80.2 Å². The van der Waals surface area contributed by atoms with Crippen LogP contribution < -0.4 is 0 Å². The van der Waals surface area contributed by atoms with Gasteiger partial charge in [0.1, 0.15) is 19.3 Å². The molecule has 0 aliphatic rings. The van der Waals surface area contributed by atoms with Gasteiger partial charge in [-0.1, -0.05) is 292 Å². The topological polar surface area (TPSA) is 237 Å². The zero-order valence-corrected chi connectivity index (χ0v) is 58.1. The summed E-state index contributed by atoms with van der Waals surface area (Å²) in [4.78, 5) is 72.2. The number of hydrogen-bond donors (Lipinski definition) is 3. The maximum atomic E-state index is 13.0. The van der Waals surface area contributed by atoms with E-state index in [0.29, 0.717) is 25.7 Å². The number of phosphoric ester groups is 2. The second-order valence-electron chi connectivity index (χ2n) is 25.3. The molecule has 0 aromatic heterocycles. The molecule has 0 aliphatic carbocycles. The van der Waals surface area contributed by atoms with Gasteiger partial charge in [0.05, 0.1) is 26.4 Å². The van der Waals surface area contributed by atoms with Gasteiger partial charge in [0.15, 0.2) is 12.2 Å². The van der Waals surface area contributed by atoms with E-state index in [1.807, 2.05) is 0 Å². The van der Waals surface area contributed by atoms with Gasteiger partial charge in [0, 0.05) is 25.7 Å². The van der Waals surface area contributed by atoms with Gasteiger partial charge in [0.2, 0.25) is 0 Å². The van der Waals surface area contributed by atoms with Crippen LogP contribution in [0.25, 0.3) is 0 Å². The number of hydrogen-bond acceptors (Lipinski definition) is 15. The Balaban J connectivity index is 5.17. The third kappa shape index (κ3) is 61.3. The van der Waals surface area contributed by atoms with E-state index in [1.54, 1.807) is 0 Å². The maximum absolute atomic E-state index is 13.0. The maximum Gasteiger partial charge on any atom is 0.472 e. The van der Waals surface area contributed by atoms with Crippen molar-refractivity contribution in [2.75, 3.05) is 39.6 Å². The molecule has 17 nitrogen and oxygen atoms in total. The third-order valence-electron chi connectivity index (χ3n) is 16.1. The Bertz CT molecular complexity index is 1700. The first-order valence-corrected chi connectivity index (χ1v) is 38.5. The quantitative estimate of drug-likeness (QED) is 0.0222.